The number of nitrogens with zero attached hydrogens (tertiary/aromatic N) is 1. The molecule has 0 radical (unpaired) electrons. The van der Waals surface area contributed by atoms with E-state index in [4.69, 9.17) is 0 Å². The highest BCUT2D eigenvalue weighted by Gasteiger charge is 2.19. The van der Waals surface area contributed by atoms with Crippen LogP contribution in [-0.4, -0.2) is 42.1 Å². The fraction of sp³-hybridized carbons (Fsp3) is 0.500. The van der Waals surface area contributed by atoms with Crippen LogP contribution in [0.5, 0.6) is 0 Å². The number of aromatic nitrogens is 1. The molecule has 0 aliphatic heterocycles. The zero-order valence-corrected chi connectivity index (χ0v) is 11.4. The number of hydrogen-bond donors (Lipinski definition) is 1. The fourth-order valence-electron chi connectivity index (χ4n) is 1.55. The van der Waals surface area contributed by atoms with Crippen LogP contribution >= 0.6 is 11.8 Å². The SMILES string of the molecule is COC(=O)CNC(=O)C(CCSC)n1cccc1. The van der Waals surface area contributed by atoms with E-state index >= 15 is 0 Å². The number of hydrogen-bond acceptors (Lipinski definition) is 4. The highest BCUT2D eigenvalue weighted by Crippen LogP contribution is 2.14. The number of esters is 1. The van der Waals surface area contributed by atoms with Crippen LogP contribution in [0.1, 0.15) is 12.5 Å². The van der Waals surface area contributed by atoms with Crippen molar-refractivity contribution in [1.82, 2.24) is 9.88 Å². The third kappa shape index (κ3) is 4.44. The first-order valence-corrected chi connectivity index (χ1v) is 7.04. The number of methoxy groups -OCH3 is 1. The zero-order valence-electron chi connectivity index (χ0n) is 10.6. The van der Waals surface area contributed by atoms with E-state index in [0.29, 0.717) is 0 Å². The number of carbonyl (C=O) groups excluding carboxylic acids is 2. The highest BCUT2D eigenvalue weighted by atomic mass is 32.2. The van der Waals surface area contributed by atoms with Crippen LogP contribution in [0.2, 0.25) is 0 Å². The van der Waals surface area contributed by atoms with E-state index in [1.165, 1.54) is 7.11 Å². The summed E-state index contributed by atoms with van der Waals surface area (Å²) in [7, 11) is 1.30. The fourth-order valence-corrected chi connectivity index (χ4v) is 2.01. The molecule has 1 N–H and O–H groups in total. The highest BCUT2D eigenvalue weighted by molar-refractivity contribution is 7.98. The van der Waals surface area contributed by atoms with Crippen LogP contribution in [0.15, 0.2) is 24.5 Å². The van der Waals surface area contributed by atoms with Gasteiger partial charge in [0.1, 0.15) is 12.6 Å². The van der Waals surface area contributed by atoms with Crippen molar-refractivity contribution in [2.45, 2.75) is 12.5 Å². The first kappa shape index (κ1) is 14.6. The van der Waals surface area contributed by atoms with Gasteiger partial charge in [0.15, 0.2) is 0 Å². The lowest BCUT2D eigenvalue weighted by Crippen LogP contribution is -2.36. The van der Waals surface area contributed by atoms with E-state index in [1.54, 1.807) is 11.8 Å². The van der Waals surface area contributed by atoms with Crippen LogP contribution in [0.4, 0.5) is 0 Å². The molecule has 1 atom stereocenters. The lowest BCUT2D eigenvalue weighted by Gasteiger charge is -2.17. The summed E-state index contributed by atoms with van der Waals surface area (Å²) >= 11 is 1.69. The normalized spacial score (nSPS) is 11.9. The summed E-state index contributed by atoms with van der Waals surface area (Å²) in [5.74, 6) is 0.277. The summed E-state index contributed by atoms with van der Waals surface area (Å²) in [5, 5.41) is 2.59. The molecule has 1 heterocycles. The van der Waals surface area contributed by atoms with E-state index < -0.39 is 5.97 Å². The van der Waals surface area contributed by atoms with Crippen LogP contribution in [0.25, 0.3) is 0 Å². The molecule has 0 saturated heterocycles. The number of rotatable bonds is 7. The van der Waals surface area contributed by atoms with Gasteiger partial charge in [-0.05, 0) is 30.6 Å². The Morgan fingerprint density at radius 3 is 2.61 bits per heavy atom. The molecule has 0 fully saturated rings. The summed E-state index contributed by atoms with van der Waals surface area (Å²) in [6, 6.07) is 3.47. The first-order valence-electron chi connectivity index (χ1n) is 5.65. The number of nitrogens with one attached hydrogen (secondary N) is 1. The van der Waals surface area contributed by atoms with Crippen molar-refractivity contribution in [3.63, 3.8) is 0 Å². The van der Waals surface area contributed by atoms with Crippen molar-refractivity contribution in [3.8, 4) is 0 Å². The number of amides is 1. The van der Waals surface area contributed by atoms with Crippen molar-refractivity contribution >= 4 is 23.6 Å². The lowest BCUT2D eigenvalue weighted by molar-refractivity contribution is -0.141. The van der Waals surface area contributed by atoms with Crippen molar-refractivity contribution in [1.29, 1.82) is 0 Å². The Labute approximate surface area is 111 Å². The number of thioether (sulfide) groups is 1. The van der Waals surface area contributed by atoms with Gasteiger partial charge in [0.05, 0.1) is 7.11 Å². The minimum Gasteiger partial charge on any atom is -0.468 e. The van der Waals surface area contributed by atoms with Crippen molar-refractivity contribution < 1.29 is 14.3 Å². The zero-order chi connectivity index (χ0) is 13.4. The van der Waals surface area contributed by atoms with Gasteiger partial charge in [-0.25, -0.2) is 0 Å². The van der Waals surface area contributed by atoms with E-state index in [0.717, 1.165) is 12.2 Å². The summed E-state index contributed by atoms with van der Waals surface area (Å²) < 4.78 is 6.34. The third-order valence-corrected chi connectivity index (χ3v) is 3.16. The molecular formula is C12H18N2O3S. The molecule has 1 aromatic rings. The maximum atomic E-state index is 12.0. The minimum atomic E-state index is -0.445. The van der Waals surface area contributed by atoms with E-state index in [-0.39, 0.29) is 18.5 Å². The minimum absolute atomic E-state index is 0.0909. The molecule has 5 nitrogen and oxygen atoms in total. The Morgan fingerprint density at radius 1 is 1.39 bits per heavy atom. The molecule has 100 valence electrons. The molecule has 0 aliphatic rings. The second-order valence-corrected chi connectivity index (χ2v) is 4.71. The predicted molar refractivity (Wildman–Crippen MR) is 71.5 cm³/mol. The first-order chi connectivity index (χ1) is 8.69. The van der Waals surface area contributed by atoms with Crippen LogP contribution < -0.4 is 5.32 Å². The van der Waals surface area contributed by atoms with Gasteiger partial charge in [0.2, 0.25) is 5.91 Å². The van der Waals surface area contributed by atoms with Gasteiger partial charge < -0.3 is 14.6 Å². The van der Waals surface area contributed by atoms with Crippen LogP contribution in [0, 0.1) is 0 Å². The van der Waals surface area contributed by atoms with Gasteiger partial charge in [-0.3, -0.25) is 9.59 Å². The molecule has 1 unspecified atom stereocenters. The Hall–Kier alpha value is -1.43. The molecule has 18 heavy (non-hydrogen) atoms. The second-order valence-electron chi connectivity index (χ2n) is 3.72. The monoisotopic (exact) mass is 270 g/mol. The molecule has 1 aromatic heterocycles. The van der Waals surface area contributed by atoms with Gasteiger partial charge in [0, 0.05) is 12.4 Å². The Morgan fingerprint density at radius 2 is 2.06 bits per heavy atom. The van der Waals surface area contributed by atoms with Gasteiger partial charge in [0.25, 0.3) is 0 Å². The lowest BCUT2D eigenvalue weighted by atomic mass is 10.2. The standard InChI is InChI=1S/C12H18N2O3S/c1-17-11(15)9-13-12(16)10(5-8-18-2)14-6-3-4-7-14/h3-4,6-7,10H,5,8-9H2,1-2H3,(H,13,16). The molecule has 0 bridgehead atoms. The van der Waals surface area contributed by atoms with Gasteiger partial charge in [-0.15, -0.1) is 0 Å². The molecule has 0 aromatic carbocycles. The van der Waals surface area contributed by atoms with Gasteiger partial charge in [-0.1, -0.05) is 0 Å². The largest absolute Gasteiger partial charge is 0.468 e. The van der Waals surface area contributed by atoms with Crippen LogP contribution in [-0.2, 0) is 14.3 Å². The predicted octanol–water partition coefficient (Wildman–Crippen LogP) is 1.07. The quantitative estimate of drug-likeness (QED) is 0.753. The molecule has 0 saturated carbocycles. The summed E-state index contributed by atoms with van der Waals surface area (Å²) in [5.41, 5.74) is 0. The molecule has 0 aliphatic carbocycles. The molecule has 6 heteroatoms. The van der Waals surface area contributed by atoms with Crippen LogP contribution in [0.3, 0.4) is 0 Å². The number of ether oxygens (including phenoxy) is 1. The second kappa shape index (κ2) is 7.81. The maximum Gasteiger partial charge on any atom is 0.325 e. The van der Waals surface area contributed by atoms with Gasteiger partial charge >= 0.3 is 5.97 Å². The third-order valence-electron chi connectivity index (χ3n) is 2.52. The smallest absolute Gasteiger partial charge is 0.325 e. The van der Waals surface area contributed by atoms with E-state index in [9.17, 15) is 9.59 Å². The summed E-state index contributed by atoms with van der Waals surface area (Å²) in [6.45, 7) is -0.0909. The van der Waals surface area contributed by atoms with Crippen molar-refractivity contribution in [3.05, 3.63) is 24.5 Å². The average Bonchev–Trinajstić information content (AvgIpc) is 2.90. The van der Waals surface area contributed by atoms with Crippen molar-refractivity contribution in [2.24, 2.45) is 0 Å². The Bertz CT molecular complexity index is 379. The van der Waals surface area contributed by atoms with Crippen molar-refractivity contribution in [2.75, 3.05) is 25.7 Å². The Balaban J connectivity index is 2.59. The van der Waals surface area contributed by atoms with Gasteiger partial charge in [-0.2, -0.15) is 11.8 Å². The molecule has 1 amide bonds. The average molecular weight is 270 g/mol. The summed E-state index contributed by atoms with van der Waals surface area (Å²) in [4.78, 5) is 23.0. The van der Waals surface area contributed by atoms with E-state index in [1.807, 2.05) is 35.3 Å². The number of carbonyl (C=O) groups is 2. The maximum absolute atomic E-state index is 12.0. The molecular weight excluding hydrogens is 252 g/mol. The topological polar surface area (TPSA) is 60.3 Å². The molecule has 1 rings (SSSR count). The Kier molecular flexibility index (Phi) is 6.35. The molecule has 0 spiro atoms. The summed E-state index contributed by atoms with van der Waals surface area (Å²) in [6.07, 6.45) is 6.42. The van der Waals surface area contributed by atoms with E-state index in [2.05, 4.69) is 10.1 Å².